The molecular weight excluding hydrogens is 232 g/mol. The van der Waals surface area contributed by atoms with Gasteiger partial charge in [-0.2, -0.15) is 17.0 Å². The van der Waals surface area contributed by atoms with Gasteiger partial charge >= 0.3 is 5.97 Å². The van der Waals surface area contributed by atoms with Gasteiger partial charge in [0.05, 0.1) is 0 Å². The normalized spacial score (nSPS) is 20.2. The first-order chi connectivity index (χ1) is 7.41. The third-order valence-corrected chi connectivity index (χ3v) is 4.87. The topological polar surface area (TPSA) is 77.9 Å². The fraction of sp³-hybridized carbons (Fsp3) is 0.889. The summed E-state index contributed by atoms with van der Waals surface area (Å²) in [5.74, 6) is -1.10. The van der Waals surface area contributed by atoms with E-state index in [1.165, 1.54) is 11.4 Å². The molecule has 0 aromatic carbocycles. The maximum absolute atomic E-state index is 12.0. The molecule has 0 aromatic rings. The van der Waals surface area contributed by atoms with Gasteiger partial charge in [0.2, 0.25) is 0 Å². The van der Waals surface area contributed by atoms with Gasteiger partial charge in [-0.05, 0) is 19.3 Å². The van der Waals surface area contributed by atoms with Gasteiger partial charge in [-0.3, -0.25) is 4.79 Å². The van der Waals surface area contributed by atoms with Crippen molar-refractivity contribution in [3.63, 3.8) is 0 Å². The molecule has 1 heterocycles. The Morgan fingerprint density at radius 2 is 1.94 bits per heavy atom. The van der Waals surface area contributed by atoms with Gasteiger partial charge in [0, 0.05) is 20.1 Å². The summed E-state index contributed by atoms with van der Waals surface area (Å²) in [7, 11) is -2.28. The van der Waals surface area contributed by atoms with Crippen molar-refractivity contribution in [3.8, 4) is 0 Å². The highest BCUT2D eigenvalue weighted by atomic mass is 32.2. The number of hydrogen-bond acceptors (Lipinski definition) is 3. The van der Waals surface area contributed by atoms with Crippen LogP contribution in [0, 0.1) is 0 Å². The summed E-state index contributed by atoms with van der Waals surface area (Å²) in [6, 6.07) is -0.981. The lowest BCUT2D eigenvalue weighted by Gasteiger charge is -2.27. The lowest BCUT2D eigenvalue weighted by molar-refractivity contribution is -0.141. The molecule has 1 atom stereocenters. The fourth-order valence-electron chi connectivity index (χ4n) is 1.85. The molecule has 94 valence electrons. The molecule has 1 unspecified atom stereocenters. The molecule has 16 heavy (non-hydrogen) atoms. The third-order valence-electron chi connectivity index (χ3n) is 2.87. The molecule has 1 saturated heterocycles. The number of nitrogens with zero attached hydrogens (tertiary/aromatic N) is 2. The molecule has 0 spiro atoms. The van der Waals surface area contributed by atoms with Gasteiger partial charge in [-0.15, -0.1) is 0 Å². The zero-order chi connectivity index (χ0) is 12.3. The molecule has 1 fully saturated rings. The number of aliphatic carboxylic acids is 1. The van der Waals surface area contributed by atoms with Crippen LogP contribution in [-0.4, -0.2) is 54.3 Å². The minimum Gasteiger partial charge on any atom is -0.480 e. The van der Waals surface area contributed by atoms with Gasteiger partial charge in [0.25, 0.3) is 10.2 Å². The van der Waals surface area contributed by atoms with E-state index in [2.05, 4.69) is 0 Å². The average Bonchev–Trinajstić information content (AvgIpc) is 2.71. The van der Waals surface area contributed by atoms with Crippen LogP contribution in [0.4, 0.5) is 0 Å². The van der Waals surface area contributed by atoms with Crippen molar-refractivity contribution in [2.24, 2.45) is 0 Å². The van der Waals surface area contributed by atoms with Crippen molar-refractivity contribution >= 4 is 16.2 Å². The number of carboxylic acids is 1. The summed E-state index contributed by atoms with van der Waals surface area (Å²) < 4.78 is 26.4. The lowest BCUT2D eigenvalue weighted by Crippen LogP contribution is -2.48. The Morgan fingerprint density at radius 3 is 2.31 bits per heavy atom. The largest absolute Gasteiger partial charge is 0.480 e. The van der Waals surface area contributed by atoms with E-state index in [4.69, 9.17) is 5.11 Å². The Kier molecular flexibility index (Phi) is 4.28. The summed E-state index contributed by atoms with van der Waals surface area (Å²) >= 11 is 0. The van der Waals surface area contributed by atoms with Crippen molar-refractivity contribution in [1.29, 1.82) is 0 Å². The van der Waals surface area contributed by atoms with Crippen LogP contribution in [-0.2, 0) is 15.0 Å². The molecule has 1 rings (SSSR count). The van der Waals surface area contributed by atoms with Gasteiger partial charge < -0.3 is 5.11 Å². The van der Waals surface area contributed by atoms with E-state index in [0.29, 0.717) is 13.1 Å². The Bertz CT molecular complexity index is 349. The predicted octanol–water partition coefficient (Wildman–Crippen LogP) is 0.122. The molecule has 1 N–H and O–H groups in total. The predicted molar refractivity (Wildman–Crippen MR) is 59.2 cm³/mol. The highest BCUT2D eigenvalue weighted by Gasteiger charge is 2.35. The van der Waals surface area contributed by atoms with Crippen molar-refractivity contribution in [1.82, 2.24) is 8.61 Å². The minimum absolute atomic E-state index is 0.263. The smallest absolute Gasteiger partial charge is 0.322 e. The van der Waals surface area contributed by atoms with Gasteiger partial charge in [0.15, 0.2) is 0 Å². The number of rotatable bonds is 5. The third kappa shape index (κ3) is 2.53. The molecule has 0 bridgehead atoms. The zero-order valence-electron chi connectivity index (χ0n) is 9.59. The van der Waals surface area contributed by atoms with E-state index in [9.17, 15) is 13.2 Å². The summed E-state index contributed by atoms with van der Waals surface area (Å²) in [5, 5.41) is 8.93. The number of likely N-dealkylation sites (N-methyl/N-ethyl adjacent to an activating group) is 1. The Labute approximate surface area is 96.0 Å². The number of carbonyl (C=O) groups is 1. The SMILES string of the molecule is CCC(C(=O)O)N(C)S(=O)(=O)N1CCCC1. The molecule has 0 saturated carbocycles. The maximum atomic E-state index is 12.0. The maximum Gasteiger partial charge on any atom is 0.322 e. The van der Waals surface area contributed by atoms with E-state index >= 15 is 0 Å². The monoisotopic (exact) mass is 250 g/mol. The summed E-state index contributed by atoms with van der Waals surface area (Å²) in [6.07, 6.45) is 1.95. The Hall–Kier alpha value is -0.660. The van der Waals surface area contributed by atoms with E-state index in [0.717, 1.165) is 17.1 Å². The van der Waals surface area contributed by atoms with Crippen LogP contribution in [0.25, 0.3) is 0 Å². The van der Waals surface area contributed by atoms with Crippen LogP contribution in [0.15, 0.2) is 0 Å². The first-order valence-corrected chi connectivity index (χ1v) is 6.77. The van der Waals surface area contributed by atoms with Gasteiger partial charge in [-0.25, -0.2) is 0 Å². The van der Waals surface area contributed by atoms with Crippen LogP contribution in [0.2, 0.25) is 0 Å². The van der Waals surface area contributed by atoms with Crippen LogP contribution >= 0.6 is 0 Å². The Balaban J connectivity index is 2.85. The summed E-state index contributed by atoms with van der Waals surface area (Å²) in [6.45, 7) is 2.64. The van der Waals surface area contributed by atoms with Crippen LogP contribution in [0.1, 0.15) is 26.2 Å². The molecule has 0 aliphatic carbocycles. The summed E-state index contributed by atoms with van der Waals surface area (Å²) in [5.41, 5.74) is 0. The number of carboxylic acid groups (broad SMARTS) is 1. The molecule has 0 amide bonds. The molecule has 1 aliphatic rings. The lowest BCUT2D eigenvalue weighted by atomic mass is 10.2. The van der Waals surface area contributed by atoms with E-state index < -0.39 is 22.2 Å². The van der Waals surface area contributed by atoms with Crippen LogP contribution in [0.3, 0.4) is 0 Å². The van der Waals surface area contributed by atoms with Crippen LogP contribution < -0.4 is 0 Å². The van der Waals surface area contributed by atoms with Crippen molar-refractivity contribution in [2.75, 3.05) is 20.1 Å². The van der Waals surface area contributed by atoms with Gasteiger partial charge in [-0.1, -0.05) is 6.92 Å². The van der Waals surface area contributed by atoms with E-state index in [1.54, 1.807) is 6.92 Å². The first-order valence-electron chi connectivity index (χ1n) is 5.37. The minimum atomic E-state index is -3.61. The van der Waals surface area contributed by atoms with Crippen LogP contribution in [0.5, 0.6) is 0 Å². The molecular formula is C9H18N2O4S. The highest BCUT2D eigenvalue weighted by Crippen LogP contribution is 2.18. The first kappa shape index (κ1) is 13.4. The quantitative estimate of drug-likeness (QED) is 0.752. The second-order valence-electron chi connectivity index (χ2n) is 3.89. The Morgan fingerprint density at radius 1 is 1.44 bits per heavy atom. The fourth-order valence-corrected chi connectivity index (χ4v) is 3.49. The molecule has 7 heteroatoms. The van der Waals surface area contributed by atoms with Crippen molar-refractivity contribution < 1.29 is 18.3 Å². The zero-order valence-corrected chi connectivity index (χ0v) is 10.4. The van der Waals surface area contributed by atoms with E-state index in [1.807, 2.05) is 0 Å². The van der Waals surface area contributed by atoms with E-state index in [-0.39, 0.29) is 6.42 Å². The summed E-state index contributed by atoms with van der Waals surface area (Å²) in [4.78, 5) is 10.9. The molecule has 0 aromatic heterocycles. The van der Waals surface area contributed by atoms with Crippen molar-refractivity contribution in [2.45, 2.75) is 32.2 Å². The van der Waals surface area contributed by atoms with Gasteiger partial charge in [0.1, 0.15) is 6.04 Å². The number of hydrogen-bond donors (Lipinski definition) is 1. The second kappa shape index (κ2) is 5.11. The highest BCUT2D eigenvalue weighted by molar-refractivity contribution is 7.86. The molecule has 0 radical (unpaired) electrons. The average molecular weight is 250 g/mol. The molecule has 6 nitrogen and oxygen atoms in total. The standard InChI is InChI=1S/C9H18N2O4S/c1-3-8(9(12)13)10(2)16(14,15)11-6-4-5-7-11/h8H,3-7H2,1-2H3,(H,12,13). The second-order valence-corrected chi connectivity index (χ2v) is 5.88. The van der Waals surface area contributed by atoms with Crippen molar-refractivity contribution in [3.05, 3.63) is 0 Å². The molecule has 1 aliphatic heterocycles.